The molecule has 32 heavy (non-hydrogen) atoms. The van der Waals surface area contributed by atoms with Crippen LogP contribution in [0, 0.1) is 6.92 Å². The smallest absolute Gasteiger partial charge is 0.264 e. The number of methoxy groups -OCH3 is 2. The first-order chi connectivity index (χ1) is 15.6. The minimum absolute atomic E-state index is 0.114. The molecule has 0 spiro atoms. The van der Waals surface area contributed by atoms with Gasteiger partial charge in [-0.3, -0.25) is 9.36 Å². The number of carbonyl (C=O) groups excluding carboxylic acids is 1. The highest BCUT2D eigenvalue weighted by atomic mass is 16.5. The van der Waals surface area contributed by atoms with E-state index in [1.54, 1.807) is 25.0 Å². The number of hydrogen-bond donors (Lipinski definition) is 0. The van der Waals surface area contributed by atoms with Crippen LogP contribution in [0.3, 0.4) is 0 Å². The second-order valence-corrected chi connectivity index (χ2v) is 7.64. The third-order valence-electron chi connectivity index (χ3n) is 5.85. The summed E-state index contributed by atoms with van der Waals surface area (Å²) < 4.78 is 12.5. The molecule has 0 saturated heterocycles. The molecule has 0 aliphatic carbocycles. The van der Waals surface area contributed by atoms with Crippen molar-refractivity contribution in [1.82, 2.24) is 9.55 Å². The van der Waals surface area contributed by atoms with Gasteiger partial charge in [0.05, 0.1) is 14.2 Å². The van der Waals surface area contributed by atoms with Crippen molar-refractivity contribution in [1.29, 1.82) is 0 Å². The zero-order valence-corrected chi connectivity index (χ0v) is 18.1. The second kappa shape index (κ2) is 7.85. The lowest BCUT2D eigenvalue weighted by molar-refractivity contribution is 0.0966. The average Bonchev–Trinajstić information content (AvgIpc) is 3.23. The van der Waals surface area contributed by atoms with E-state index in [-0.39, 0.29) is 5.91 Å². The Morgan fingerprint density at radius 1 is 0.844 bits per heavy atom. The van der Waals surface area contributed by atoms with Gasteiger partial charge in [0.2, 0.25) is 0 Å². The maximum Gasteiger partial charge on any atom is 0.264 e. The van der Waals surface area contributed by atoms with Crippen LogP contribution < -0.4 is 9.47 Å². The fraction of sp³-hybridized carbons (Fsp3) is 0.111. The molecular weight excluding hydrogens is 400 g/mol. The average molecular weight is 422 g/mol. The summed E-state index contributed by atoms with van der Waals surface area (Å²) in [6, 6.07) is 21.5. The van der Waals surface area contributed by atoms with E-state index in [9.17, 15) is 4.79 Å². The first kappa shape index (κ1) is 19.8. The van der Waals surface area contributed by atoms with E-state index in [1.165, 1.54) is 0 Å². The van der Waals surface area contributed by atoms with Crippen LogP contribution in [0.15, 0.2) is 79.1 Å². The van der Waals surface area contributed by atoms with Crippen LogP contribution in [0.25, 0.3) is 32.9 Å². The number of aryl methyl sites for hydroxylation is 1. The molecule has 5 rings (SSSR count). The zero-order chi connectivity index (χ0) is 22.2. The van der Waals surface area contributed by atoms with Gasteiger partial charge in [-0.25, -0.2) is 4.98 Å². The van der Waals surface area contributed by atoms with Crippen LogP contribution in [0.5, 0.6) is 11.5 Å². The summed E-state index contributed by atoms with van der Waals surface area (Å²) in [6.45, 7) is 2.05. The van der Waals surface area contributed by atoms with Gasteiger partial charge in [-0.2, -0.15) is 0 Å². The van der Waals surface area contributed by atoms with E-state index in [2.05, 4.69) is 11.9 Å². The zero-order valence-electron chi connectivity index (χ0n) is 18.1. The normalized spacial score (nSPS) is 11.1. The maximum atomic E-state index is 13.7. The summed E-state index contributed by atoms with van der Waals surface area (Å²) in [5, 5.41) is 2.90. The quantitative estimate of drug-likeness (QED) is 0.363. The minimum Gasteiger partial charge on any atom is -0.493 e. The predicted molar refractivity (Wildman–Crippen MR) is 127 cm³/mol. The largest absolute Gasteiger partial charge is 0.493 e. The van der Waals surface area contributed by atoms with Crippen molar-refractivity contribution in [3.63, 3.8) is 0 Å². The summed E-state index contributed by atoms with van der Waals surface area (Å²) in [5.74, 6) is 1.17. The molecule has 5 aromatic rings. The van der Waals surface area contributed by atoms with Gasteiger partial charge >= 0.3 is 0 Å². The second-order valence-electron chi connectivity index (χ2n) is 7.64. The molecule has 0 unspecified atom stereocenters. The van der Waals surface area contributed by atoms with Gasteiger partial charge in [0.15, 0.2) is 11.5 Å². The predicted octanol–water partition coefficient (Wildman–Crippen LogP) is 5.87. The first-order valence-corrected chi connectivity index (χ1v) is 10.3. The van der Waals surface area contributed by atoms with Gasteiger partial charge in [0.1, 0.15) is 5.65 Å². The molecule has 0 aliphatic rings. The Bertz CT molecular complexity index is 1480. The highest BCUT2D eigenvalue weighted by Gasteiger charge is 2.20. The van der Waals surface area contributed by atoms with E-state index in [1.807, 2.05) is 72.9 Å². The highest BCUT2D eigenvalue weighted by Crippen LogP contribution is 2.36. The Morgan fingerprint density at radius 2 is 1.59 bits per heavy atom. The fourth-order valence-corrected chi connectivity index (χ4v) is 4.21. The molecule has 2 heterocycles. The molecule has 0 amide bonds. The van der Waals surface area contributed by atoms with E-state index < -0.39 is 0 Å². The van der Waals surface area contributed by atoms with Gasteiger partial charge < -0.3 is 9.47 Å². The summed E-state index contributed by atoms with van der Waals surface area (Å²) in [4.78, 5) is 18.3. The number of ether oxygens (including phenoxy) is 2. The van der Waals surface area contributed by atoms with E-state index in [4.69, 9.17) is 9.47 Å². The number of benzene rings is 3. The first-order valence-electron chi connectivity index (χ1n) is 10.3. The van der Waals surface area contributed by atoms with E-state index in [0.717, 1.165) is 32.8 Å². The molecule has 5 nitrogen and oxygen atoms in total. The lowest BCUT2D eigenvalue weighted by atomic mass is 10.00. The standard InChI is InChI=1S/C27H22N2O3/c1-17-10-12-22(20-8-5-4-7-19(17)20)27(30)29-16-23(21-9-6-14-28-26(21)29)18-11-13-24(31-2)25(15-18)32-3/h4-16H,1-3H3. The number of nitrogens with zero attached hydrogens (tertiary/aromatic N) is 2. The molecule has 158 valence electrons. The van der Waals surface area contributed by atoms with Gasteiger partial charge in [0.25, 0.3) is 5.91 Å². The van der Waals surface area contributed by atoms with Crippen LogP contribution in [-0.2, 0) is 0 Å². The van der Waals surface area contributed by atoms with Gasteiger partial charge in [-0.15, -0.1) is 0 Å². The monoisotopic (exact) mass is 422 g/mol. The lowest BCUT2D eigenvalue weighted by Gasteiger charge is -2.09. The number of aromatic nitrogens is 2. The summed E-state index contributed by atoms with van der Waals surface area (Å²) in [5.41, 5.74) is 4.22. The summed E-state index contributed by atoms with van der Waals surface area (Å²) >= 11 is 0. The molecule has 0 atom stereocenters. The molecular formula is C27H22N2O3. The molecule has 5 heteroatoms. The molecule has 3 aromatic carbocycles. The third kappa shape index (κ3) is 3.10. The number of pyridine rings is 1. The fourth-order valence-electron chi connectivity index (χ4n) is 4.21. The minimum atomic E-state index is -0.114. The molecule has 2 aromatic heterocycles. The molecule has 0 saturated carbocycles. The Kier molecular flexibility index (Phi) is 4.86. The molecule has 0 N–H and O–H groups in total. The number of carbonyl (C=O) groups is 1. The number of fused-ring (bicyclic) bond motifs is 2. The van der Waals surface area contributed by atoms with Crippen molar-refractivity contribution in [3.8, 4) is 22.6 Å². The maximum absolute atomic E-state index is 13.7. The van der Waals surface area contributed by atoms with Crippen molar-refractivity contribution < 1.29 is 14.3 Å². The van der Waals surface area contributed by atoms with E-state index >= 15 is 0 Å². The van der Waals surface area contributed by atoms with Crippen LogP contribution in [0.2, 0.25) is 0 Å². The molecule has 0 bridgehead atoms. The Hall–Kier alpha value is -4.12. The van der Waals surface area contributed by atoms with Crippen LogP contribution in [0.4, 0.5) is 0 Å². The van der Waals surface area contributed by atoms with Crippen molar-refractivity contribution in [2.45, 2.75) is 6.92 Å². The lowest BCUT2D eigenvalue weighted by Crippen LogP contribution is -2.12. The van der Waals surface area contributed by atoms with Crippen molar-refractivity contribution in [3.05, 3.63) is 90.3 Å². The van der Waals surface area contributed by atoms with Crippen molar-refractivity contribution in [2.24, 2.45) is 0 Å². The van der Waals surface area contributed by atoms with Crippen LogP contribution in [0.1, 0.15) is 15.9 Å². The highest BCUT2D eigenvalue weighted by molar-refractivity contribution is 6.12. The summed E-state index contributed by atoms with van der Waals surface area (Å²) in [7, 11) is 3.22. The van der Waals surface area contributed by atoms with Crippen LogP contribution >= 0.6 is 0 Å². The van der Waals surface area contributed by atoms with Crippen molar-refractivity contribution >= 4 is 27.7 Å². The molecule has 0 aliphatic heterocycles. The Morgan fingerprint density at radius 3 is 2.38 bits per heavy atom. The Balaban J connectivity index is 1.71. The third-order valence-corrected chi connectivity index (χ3v) is 5.85. The topological polar surface area (TPSA) is 53.4 Å². The Labute approximate surface area is 185 Å². The molecule has 0 fully saturated rings. The van der Waals surface area contributed by atoms with Gasteiger partial charge in [-0.05, 0) is 59.2 Å². The summed E-state index contributed by atoms with van der Waals surface area (Å²) in [6.07, 6.45) is 3.56. The van der Waals surface area contributed by atoms with E-state index in [0.29, 0.717) is 22.7 Å². The number of hydrogen-bond acceptors (Lipinski definition) is 4. The molecule has 0 radical (unpaired) electrons. The number of rotatable bonds is 4. The van der Waals surface area contributed by atoms with Gasteiger partial charge in [-0.1, -0.05) is 36.4 Å². The van der Waals surface area contributed by atoms with Crippen molar-refractivity contribution in [2.75, 3.05) is 14.2 Å². The SMILES string of the molecule is COc1ccc(-c2cn(C(=O)c3ccc(C)c4ccccc34)c3ncccc23)cc1OC. The van der Waals surface area contributed by atoms with Crippen LogP contribution in [-0.4, -0.2) is 29.7 Å². The van der Waals surface area contributed by atoms with Gasteiger partial charge in [0, 0.05) is 28.9 Å².